The van der Waals surface area contributed by atoms with Gasteiger partial charge in [-0.2, -0.15) is 0 Å². The molecular weight excluding hydrogens is 332 g/mol. The zero-order valence-electron chi connectivity index (χ0n) is 16.8. The molecule has 0 bridgehead atoms. The van der Waals surface area contributed by atoms with E-state index in [9.17, 15) is 0 Å². The van der Waals surface area contributed by atoms with Crippen molar-refractivity contribution in [2.24, 2.45) is 0 Å². The molecule has 0 radical (unpaired) electrons. The van der Waals surface area contributed by atoms with Crippen molar-refractivity contribution in [3.05, 3.63) is 64.7 Å². The molecule has 2 heterocycles. The fourth-order valence-electron chi connectivity index (χ4n) is 4.65. The van der Waals surface area contributed by atoms with Gasteiger partial charge in [0, 0.05) is 25.6 Å². The Hall–Kier alpha value is -1.84. The molecule has 2 aliphatic heterocycles. The van der Waals surface area contributed by atoms with Crippen molar-refractivity contribution in [2.45, 2.75) is 38.1 Å². The van der Waals surface area contributed by atoms with Crippen molar-refractivity contribution in [3.8, 4) is 5.75 Å². The molecule has 1 atom stereocenters. The van der Waals surface area contributed by atoms with E-state index in [0.717, 1.165) is 18.8 Å². The molecule has 0 saturated carbocycles. The van der Waals surface area contributed by atoms with E-state index in [4.69, 9.17) is 4.74 Å². The fraction of sp³-hybridized carbons (Fsp3) is 0.500. The van der Waals surface area contributed by atoms with E-state index >= 15 is 0 Å². The number of hydrogen-bond donors (Lipinski definition) is 0. The number of likely N-dealkylation sites (N-methyl/N-ethyl adjacent to an activating group) is 1. The van der Waals surface area contributed by atoms with Crippen LogP contribution in [0.4, 0.5) is 0 Å². The average molecular weight is 365 g/mol. The second kappa shape index (κ2) is 8.45. The third kappa shape index (κ3) is 4.36. The number of likely N-dealkylation sites (tertiary alicyclic amines) is 1. The van der Waals surface area contributed by atoms with Crippen LogP contribution in [0.25, 0.3) is 0 Å². The SMILES string of the molecule is COc1ccc(C2CN(C)Cc3cc(CCN4CCCCC4)ccc32)cc1. The van der Waals surface area contributed by atoms with Crippen LogP contribution in [0.1, 0.15) is 47.4 Å². The third-order valence-electron chi connectivity index (χ3n) is 6.20. The van der Waals surface area contributed by atoms with E-state index in [1.165, 1.54) is 67.6 Å². The number of methoxy groups -OCH3 is 1. The van der Waals surface area contributed by atoms with Crippen molar-refractivity contribution in [1.29, 1.82) is 0 Å². The molecular formula is C24H32N2O. The lowest BCUT2D eigenvalue weighted by Gasteiger charge is -2.33. The molecule has 2 aromatic carbocycles. The highest BCUT2D eigenvalue weighted by Gasteiger charge is 2.25. The zero-order chi connectivity index (χ0) is 18.6. The predicted octanol–water partition coefficient (Wildman–Crippen LogP) is 4.30. The number of rotatable bonds is 5. The summed E-state index contributed by atoms with van der Waals surface area (Å²) in [5.41, 5.74) is 5.87. The molecule has 0 aliphatic carbocycles. The van der Waals surface area contributed by atoms with Gasteiger partial charge >= 0.3 is 0 Å². The molecule has 1 fully saturated rings. The van der Waals surface area contributed by atoms with Crippen LogP contribution >= 0.6 is 0 Å². The van der Waals surface area contributed by atoms with Crippen LogP contribution in [0.2, 0.25) is 0 Å². The van der Waals surface area contributed by atoms with Crippen molar-refractivity contribution in [1.82, 2.24) is 9.80 Å². The fourth-order valence-corrected chi connectivity index (χ4v) is 4.65. The van der Waals surface area contributed by atoms with Crippen molar-refractivity contribution in [2.75, 3.05) is 40.3 Å². The lowest BCUT2D eigenvalue weighted by molar-refractivity contribution is 0.231. The average Bonchev–Trinajstić information content (AvgIpc) is 2.72. The number of ether oxygens (including phenoxy) is 1. The van der Waals surface area contributed by atoms with Gasteiger partial charge in [0.15, 0.2) is 0 Å². The van der Waals surface area contributed by atoms with E-state index < -0.39 is 0 Å². The summed E-state index contributed by atoms with van der Waals surface area (Å²) in [4.78, 5) is 5.08. The first-order valence-electron chi connectivity index (χ1n) is 10.4. The quantitative estimate of drug-likeness (QED) is 0.787. The van der Waals surface area contributed by atoms with Gasteiger partial charge in [-0.3, -0.25) is 0 Å². The lowest BCUT2D eigenvalue weighted by Crippen LogP contribution is -2.32. The van der Waals surface area contributed by atoms with Gasteiger partial charge in [-0.15, -0.1) is 0 Å². The summed E-state index contributed by atoms with van der Waals surface area (Å²) in [6, 6.07) is 15.8. The van der Waals surface area contributed by atoms with Crippen LogP contribution in [0, 0.1) is 0 Å². The van der Waals surface area contributed by atoms with Gasteiger partial charge in [-0.1, -0.05) is 36.8 Å². The minimum absolute atomic E-state index is 0.445. The van der Waals surface area contributed by atoms with E-state index in [-0.39, 0.29) is 0 Å². The summed E-state index contributed by atoms with van der Waals surface area (Å²) < 4.78 is 5.33. The normalized spacial score (nSPS) is 21.0. The predicted molar refractivity (Wildman–Crippen MR) is 112 cm³/mol. The third-order valence-corrected chi connectivity index (χ3v) is 6.20. The first-order valence-corrected chi connectivity index (χ1v) is 10.4. The standard InChI is InChI=1S/C24H32N2O/c1-25-17-21-16-19(12-15-26-13-4-3-5-14-26)6-11-23(21)24(18-25)20-7-9-22(27-2)10-8-20/h6-11,16,24H,3-5,12-15,17-18H2,1-2H3. The summed E-state index contributed by atoms with van der Waals surface area (Å²) in [5, 5.41) is 0. The maximum absolute atomic E-state index is 5.33. The van der Waals surface area contributed by atoms with Crippen molar-refractivity contribution >= 4 is 0 Å². The second-order valence-electron chi connectivity index (χ2n) is 8.21. The Balaban J connectivity index is 1.51. The topological polar surface area (TPSA) is 15.7 Å². The summed E-state index contributed by atoms with van der Waals surface area (Å²) in [7, 11) is 3.96. The van der Waals surface area contributed by atoms with E-state index in [1.54, 1.807) is 7.11 Å². The van der Waals surface area contributed by atoms with Crippen LogP contribution in [0.5, 0.6) is 5.75 Å². The zero-order valence-corrected chi connectivity index (χ0v) is 16.8. The number of fused-ring (bicyclic) bond motifs is 1. The molecule has 4 rings (SSSR count). The Morgan fingerprint density at radius 2 is 1.78 bits per heavy atom. The van der Waals surface area contributed by atoms with Gasteiger partial charge < -0.3 is 14.5 Å². The summed E-state index contributed by atoms with van der Waals surface area (Å²) >= 11 is 0. The molecule has 0 spiro atoms. The van der Waals surface area contributed by atoms with E-state index in [0.29, 0.717) is 5.92 Å². The molecule has 2 aromatic rings. The Kier molecular flexibility index (Phi) is 5.80. The number of hydrogen-bond acceptors (Lipinski definition) is 3. The minimum Gasteiger partial charge on any atom is -0.497 e. The summed E-state index contributed by atoms with van der Waals surface area (Å²) in [5.74, 6) is 1.37. The maximum Gasteiger partial charge on any atom is 0.118 e. The summed E-state index contributed by atoms with van der Waals surface area (Å²) in [6.07, 6.45) is 5.33. The van der Waals surface area contributed by atoms with Gasteiger partial charge in [0.2, 0.25) is 0 Å². The van der Waals surface area contributed by atoms with Crippen LogP contribution in [0.15, 0.2) is 42.5 Å². The number of benzene rings is 2. The van der Waals surface area contributed by atoms with Crippen LogP contribution in [-0.4, -0.2) is 50.1 Å². The molecule has 27 heavy (non-hydrogen) atoms. The second-order valence-corrected chi connectivity index (χ2v) is 8.21. The highest BCUT2D eigenvalue weighted by molar-refractivity contribution is 5.43. The Labute approximate surface area is 163 Å². The van der Waals surface area contributed by atoms with Gasteiger partial charge in [0.1, 0.15) is 5.75 Å². The minimum atomic E-state index is 0.445. The van der Waals surface area contributed by atoms with E-state index in [2.05, 4.69) is 59.3 Å². The lowest BCUT2D eigenvalue weighted by atomic mass is 9.84. The van der Waals surface area contributed by atoms with Crippen LogP contribution in [0.3, 0.4) is 0 Å². The molecule has 3 nitrogen and oxygen atoms in total. The van der Waals surface area contributed by atoms with Gasteiger partial charge in [-0.25, -0.2) is 0 Å². The monoisotopic (exact) mass is 364 g/mol. The molecule has 2 aliphatic rings. The Morgan fingerprint density at radius 3 is 2.52 bits per heavy atom. The first kappa shape index (κ1) is 18.5. The van der Waals surface area contributed by atoms with Gasteiger partial charge in [-0.05, 0) is 73.8 Å². The number of nitrogens with zero attached hydrogens (tertiary/aromatic N) is 2. The van der Waals surface area contributed by atoms with Crippen molar-refractivity contribution in [3.63, 3.8) is 0 Å². The van der Waals surface area contributed by atoms with E-state index in [1.807, 2.05) is 0 Å². The smallest absolute Gasteiger partial charge is 0.118 e. The molecule has 1 unspecified atom stereocenters. The molecule has 144 valence electrons. The highest BCUT2D eigenvalue weighted by Crippen LogP contribution is 2.34. The first-order chi connectivity index (χ1) is 13.2. The highest BCUT2D eigenvalue weighted by atomic mass is 16.5. The van der Waals surface area contributed by atoms with Gasteiger partial charge in [0.25, 0.3) is 0 Å². The number of piperidine rings is 1. The maximum atomic E-state index is 5.33. The van der Waals surface area contributed by atoms with Gasteiger partial charge in [0.05, 0.1) is 7.11 Å². The Bertz CT molecular complexity index is 749. The molecule has 1 saturated heterocycles. The molecule has 0 amide bonds. The van der Waals surface area contributed by atoms with Crippen LogP contribution in [-0.2, 0) is 13.0 Å². The molecule has 0 N–H and O–H groups in total. The Morgan fingerprint density at radius 1 is 1.00 bits per heavy atom. The molecule has 3 heteroatoms. The largest absolute Gasteiger partial charge is 0.497 e. The molecule has 0 aromatic heterocycles. The van der Waals surface area contributed by atoms with Crippen LogP contribution < -0.4 is 4.74 Å². The summed E-state index contributed by atoms with van der Waals surface area (Å²) in [6.45, 7) is 5.91. The van der Waals surface area contributed by atoms with Crippen molar-refractivity contribution < 1.29 is 4.74 Å².